The first-order chi connectivity index (χ1) is 12.4. The molecular weight excluding hydrogens is 345 g/mol. The summed E-state index contributed by atoms with van der Waals surface area (Å²) in [6.07, 6.45) is -4.60. The molecule has 1 aromatic rings. The number of hydrogen-bond acceptors (Lipinski definition) is 6. The molecule has 0 unspecified atom stereocenters. The number of carbonyl (C=O) groups is 1. The molecule has 8 heteroatoms. The van der Waals surface area contributed by atoms with Crippen LogP contribution in [0.5, 0.6) is 0 Å². The summed E-state index contributed by atoms with van der Waals surface area (Å²) in [6, 6.07) is 8.23. The third kappa shape index (κ3) is 4.15. The van der Waals surface area contributed by atoms with Crippen molar-refractivity contribution in [1.29, 1.82) is 0 Å². The van der Waals surface area contributed by atoms with Gasteiger partial charge in [-0.05, 0) is 19.4 Å². The fraction of sp³-hybridized carbons (Fsp3) is 0.611. The summed E-state index contributed by atoms with van der Waals surface area (Å²) in [6.45, 7) is 3.25. The van der Waals surface area contributed by atoms with Crippen LogP contribution in [-0.4, -0.2) is 60.7 Å². The summed E-state index contributed by atoms with van der Waals surface area (Å²) >= 11 is 0. The van der Waals surface area contributed by atoms with E-state index in [4.69, 9.17) is 24.1 Å². The van der Waals surface area contributed by atoms with E-state index in [9.17, 15) is 9.18 Å². The average Bonchev–Trinajstić information content (AvgIpc) is 3.04. The minimum atomic E-state index is -1.54. The Morgan fingerprint density at radius 3 is 2.65 bits per heavy atom. The molecule has 0 aromatic heterocycles. The largest absolute Gasteiger partial charge is 0.445 e. The Hall–Kier alpha value is -1.74. The number of nitrogens with one attached hydrogen (secondary N) is 1. The Balaban J connectivity index is 1.62. The van der Waals surface area contributed by atoms with Crippen LogP contribution < -0.4 is 5.32 Å². The first-order valence-corrected chi connectivity index (χ1v) is 8.60. The van der Waals surface area contributed by atoms with Crippen molar-refractivity contribution in [1.82, 2.24) is 5.32 Å². The Morgan fingerprint density at radius 2 is 1.96 bits per heavy atom. The molecule has 3 rings (SSSR count). The maximum Gasteiger partial charge on any atom is 0.407 e. The molecule has 0 radical (unpaired) electrons. The second-order valence-corrected chi connectivity index (χ2v) is 6.80. The van der Waals surface area contributed by atoms with E-state index in [1.807, 2.05) is 30.3 Å². The van der Waals surface area contributed by atoms with Gasteiger partial charge in [0.15, 0.2) is 12.0 Å². The third-order valence-electron chi connectivity index (χ3n) is 4.40. The van der Waals surface area contributed by atoms with E-state index < -0.39 is 42.4 Å². The van der Waals surface area contributed by atoms with Gasteiger partial charge in [0.2, 0.25) is 0 Å². The van der Waals surface area contributed by atoms with Crippen LogP contribution in [-0.2, 0) is 25.6 Å². The molecular formula is C18H24FNO6. The van der Waals surface area contributed by atoms with E-state index in [0.717, 1.165) is 5.56 Å². The van der Waals surface area contributed by atoms with Gasteiger partial charge in [0, 0.05) is 0 Å². The Kier molecular flexibility index (Phi) is 5.76. The van der Waals surface area contributed by atoms with Crippen LogP contribution in [0, 0.1) is 0 Å². The van der Waals surface area contributed by atoms with Gasteiger partial charge in [-0.25, -0.2) is 9.18 Å². The van der Waals surface area contributed by atoms with Gasteiger partial charge >= 0.3 is 6.09 Å². The van der Waals surface area contributed by atoms with Crippen molar-refractivity contribution in [3.63, 3.8) is 0 Å². The number of aliphatic hydroxyl groups is 1. The second kappa shape index (κ2) is 7.87. The van der Waals surface area contributed by atoms with Gasteiger partial charge in [0.05, 0.1) is 19.3 Å². The highest BCUT2D eigenvalue weighted by molar-refractivity contribution is 5.68. The lowest BCUT2D eigenvalue weighted by atomic mass is 10.2. The van der Waals surface area contributed by atoms with Crippen molar-refractivity contribution in [2.75, 3.05) is 13.2 Å². The van der Waals surface area contributed by atoms with Crippen molar-refractivity contribution >= 4 is 6.09 Å². The molecule has 1 saturated carbocycles. The quantitative estimate of drug-likeness (QED) is 0.791. The van der Waals surface area contributed by atoms with Gasteiger partial charge in [0.25, 0.3) is 0 Å². The van der Waals surface area contributed by atoms with Crippen LogP contribution in [0.1, 0.15) is 19.4 Å². The molecule has 1 aromatic carbocycles. The van der Waals surface area contributed by atoms with Crippen LogP contribution in [0.3, 0.4) is 0 Å². The topological polar surface area (TPSA) is 86.2 Å². The Morgan fingerprint density at radius 1 is 1.27 bits per heavy atom. The molecule has 26 heavy (non-hydrogen) atoms. The summed E-state index contributed by atoms with van der Waals surface area (Å²) in [5.41, 5.74) is 0.828. The van der Waals surface area contributed by atoms with Crippen LogP contribution in [0.15, 0.2) is 30.3 Å². The number of carbonyl (C=O) groups excluding carboxylic acids is 1. The zero-order valence-electron chi connectivity index (χ0n) is 14.8. The fourth-order valence-electron chi connectivity index (χ4n) is 3.35. The zero-order chi connectivity index (χ0) is 18.7. The predicted octanol–water partition coefficient (Wildman–Crippen LogP) is 1.53. The number of benzene rings is 1. The van der Waals surface area contributed by atoms with E-state index >= 15 is 0 Å². The molecule has 0 bridgehead atoms. The summed E-state index contributed by atoms with van der Waals surface area (Å²) in [5, 5.41) is 11.5. The van der Waals surface area contributed by atoms with Crippen LogP contribution in [0.2, 0.25) is 0 Å². The molecule has 1 amide bonds. The molecule has 2 fully saturated rings. The molecule has 1 saturated heterocycles. The van der Waals surface area contributed by atoms with Crippen LogP contribution in [0.4, 0.5) is 9.18 Å². The number of hydrogen-bond donors (Lipinski definition) is 2. The monoisotopic (exact) mass is 369 g/mol. The maximum atomic E-state index is 14.8. The molecule has 0 spiro atoms. The van der Waals surface area contributed by atoms with Gasteiger partial charge in [-0.2, -0.15) is 0 Å². The standard InChI is InChI=1S/C18H24FNO6/c1-18(2)25-15-13(12(19)14(16(15)26-18)23-9-8-21)20-17(22)24-10-11-6-4-3-5-7-11/h3-7,12-16,21H,8-10H2,1-2H3,(H,20,22)/t12-,13-,14+,15+,16-/m1/s1. The zero-order valence-corrected chi connectivity index (χ0v) is 14.8. The SMILES string of the molecule is CC1(C)O[C@@H]2[C@@H](OCCO)[C@H](F)[C@@H](NC(=O)OCc3ccccc3)[C@@H]2O1. The van der Waals surface area contributed by atoms with E-state index in [-0.39, 0.29) is 19.8 Å². The van der Waals surface area contributed by atoms with Gasteiger partial charge in [-0.15, -0.1) is 0 Å². The lowest BCUT2D eigenvalue weighted by Gasteiger charge is -2.26. The number of amides is 1. The Bertz CT molecular complexity index is 613. The van der Waals surface area contributed by atoms with Crippen LogP contribution >= 0.6 is 0 Å². The fourth-order valence-corrected chi connectivity index (χ4v) is 3.35. The minimum absolute atomic E-state index is 0.0245. The molecule has 1 aliphatic carbocycles. The van der Waals surface area contributed by atoms with Crippen molar-refractivity contribution in [3.05, 3.63) is 35.9 Å². The smallest absolute Gasteiger partial charge is 0.407 e. The number of ether oxygens (including phenoxy) is 4. The van der Waals surface area contributed by atoms with Crippen molar-refractivity contribution in [3.8, 4) is 0 Å². The van der Waals surface area contributed by atoms with Gasteiger partial charge in [-0.1, -0.05) is 30.3 Å². The van der Waals surface area contributed by atoms with E-state index in [2.05, 4.69) is 5.32 Å². The average molecular weight is 369 g/mol. The molecule has 1 heterocycles. The van der Waals surface area contributed by atoms with E-state index in [0.29, 0.717) is 0 Å². The summed E-state index contributed by atoms with van der Waals surface area (Å²) in [7, 11) is 0. The number of alkyl halides is 1. The first-order valence-electron chi connectivity index (χ1n) is 8.60. The summed E-state index contributed by atoms with van der Waals surface area (Å²) in [5.74, 6) is -0.913. The van der Waals surface area contributed by atoms with E-state index in [1.54, 1.807) is 13.8 Å². The van der Waals surface area contributed by atoms with E-state index in [1.165, 1.54) is 0 Å². The van der Waals surface area contributed by atoms with Gasteiger partial charge < -0.3 is 29.4 Å². The predicted molar refractivity (Wildman–Crippen MR) is 89.1 cm³/mol. The molecule has 7 nitrogen and oxygen atoms in total. The van der Waals surface area contributed by atoms with Crippen molar-refractivity contribution in [2.24, 2.45) is 0 Å². The van der Waals surface area contributed by atoms with Crippen molar-refractivity contribution in [2.45, 2.75) is 56.8 Å². The number of halogens is 1. The first kappa shape index (κ1) is 19.0. The summed E-state index contributed by atoms with van der Waals surface area (Å²) in [4.78, 5) is 12.1. The lowest BCUT2D eigenvalue weighted by molar-refractivity contribution is -0.177. The van der Waals surface area contributed by atoms with Crippen LogP contribution in [0.25, 0.3) is 0 Å². The maximum absolute atomic E-state index is 14.8. The minimum Gasteiger partial charge on any atom is -0.445 e. The van der Waals surface area contributed by atoms with Gasteiger partial charge in [-0.3, -0.25) is 0 Å². The summed E-state index contributed by atoms with van der Waals surface area (Å²) < 4.78 is 36.9. The highest BCUT2D eigenvalue weighted by atomic mass is 19.1. The van der Waals surface area contributed by atoms with Gasteiger partial charge in [0.1, 0.15) is 24.9 Å². The number of alkyl carbamates (subject to hydrolysis) is 1. The van der Waals surface area contributed by atoms with Crippen molar-refractivity contribution < 1.29 is 33.2 Å². The molecule has 144 valence electrons. The molecule has 5 atom stereocenters. The number of fused-ring (bicyclic) bond motifs is 1. The second-order valence-electron chi connectivity index (χ2n) is 6.80. The Labute approximate surface area is 151 Å². The lowest BCUT2D eigenvalue weighted by Crippen LogP contribution is -2.48. The molecule has 1 aliphatic heterocycles. The highest BCUT2D eigenvalue weighted by Gasteiger charge is 2.60. The number of aliphatic hydroxyl groups excluding tert-OH is 1. The third-order valence-corrected chi connectivity index (χ3v) is 4.40. The highest BCUT2D eigenvalue weighted by Crippen LogP contribution is 2.41. The normalized spacial score (nSPS) is 32.2. The molecule has 2 aliphatic rings. The number of rotatable bonds is 6. The molecule has 2 N–H and O–H groups in total.